The number of hydrogen-bond acceptors (Lipinski definition) is 6. The fourth-order valence-electron chi connectivity index (χ4n) is 6.10. The van der Waals surface area contributed by atoms with Crippen molar-refractivity contribution in [3.8, 4) is 11.4 Å². The smallest absolute Gasteiger partial charge is 0.255 e. The zero-order chi connectivity index (χ0) is 29.1. The summed E-state index contributed by atoms with van der Waals surface area (Å²) in [4.78, 5) is 24.3. The number of halogens is 4. The second-order valence-corrected chi connectivity index (χ2v) is 12.8. The summed E-state index contributed by atoms with van der Waals surface area (Å²) in [5.41, 5.74) is -0.929. The molecular weight excluding hydrogens is 581 g/mol. The number of anilines is 1. The highest BCUT2D eigenvalue weighted by atomic mass is 35.5. The number of H-pyrrole nitrogens is 1. The molecule has 0 saturated heterocycles. The number of hydrogen-bond donors (Lipinski definition) is 3. The predicted octanol–water partition coefficient (Wildman–Crippen LogP) is 5.25. The van der Waals surface area contributed by atoms with Gasteiger partial charge in [0, 0.05) is 41.7 Å². The number of benzene rings is 2. The Kier molecular flexibility index (Phi) is 6.67. The zero-order valence-corrected chi connectivity index (χ0v) is 22.7. The highest BCUT2D eigenvalue weighted by Gasteiger charge is 2.63. The lowest BCUT2D eigenvalue weighted by molar-refractivity contribution is -0.0252. The van der Waals surface area contributed by atoms with E-state index in [9.17, 15) is 31.5 Å². The van der Waals surface area contributed by atoms with Gasteiger partial charge in [-0.3, -0.25) is 9.78 Å². The van der Waals surface area contributed by atoms with Crippen molar-refractivity contribution in [3.05, 3.63) is 94.8 Å². The van der Waals surface area contributed by atoms with Gasteiger partial charge in [-0.1, -0.05) is 17.7 Å². The highest BCUT2D eigenvalue weighted by molar-refractivity contribution is 7.92. The molecule has 3 unspecified atom stereocenters. The molecule has 2 bridgehead atoms. The van der Waals surface area contributed by atoms with Crippen LogP contribution in [0.25, 0.3) is 11.4 Å². The van der Waals surface area contributed by atoms with E-state index >= 15 is 0 Å². The molecule has 2 aromatic heterocycles. The molecule has 6 rings (SSSR count). The van der Waals surface area contributed by atoms with Crippen molar-refractivity contribution < 1.29 is 31.5 Å². The topological polar surface area (TPSA) is 125 Å². The molecule has 2 aromatic carbocycles. The van der Waals surface area contributed by atoms with Crippen molar-refractivity contribution in [1.29, 1.82) is 0 Å². The van der Waals surface area contributed by atoms with E-state index in [1.54, 1.807) is 30.6 Å². The molecule has 212 valence electrons. The minimum absolute atomic E-state index is 0.120. The average Bonchev–Trinajstić information content (AvgIpc) is 3.67. The summed E-state index contributed by atoms with van der Waals surface area (Å²) in [6.07, 6.45) is 4.40. The van der Waals surface area contributed by atoms with Gasteiger partial charge in [-0.15, -0.1) is 0 Å². The summed E-state index contributed by atoms with van der Waals surface area (Å²) in [5, 5.41) is 12.9. The molecule has 2 heterocycles. The molecule has 0 aliphatic heterocycles. The number of sulfone groups is 1. The van der Waals surface area contributed by atoms with Crippen LogP contribution in [0.3, 0.4) is 0 Å². The van der Waals surface area contributed by atoms with Crippen LogP contribution in [0, 0.1) is 29.3 Å². The minimum Gasteiger partial charge on any atom is -0.382 e. The SMILES string of the molecule is O=C(Nc1cc(F)c(F)c(F)c1)c1ccc(Cl)c(S(=O)(=O)C2C3CCC2[C@@](O)(c2nc(-c4ccccn4)c[nH]2)C3)c1. The van der Waals surface area contributed by atoms with E-state index in [-0.39, 0.29) is 33.4 Å². The molecule has 2 saturated carbocycles. The van der Waals surface area contributed by atoms with E-state index in [0.717, 1.165) is 6.07 Å². The van der Waals surface area contributed by atoms with Crippen molar-refractivity contribution in [3.63, 3.8) is 0 Å². The second-order valence-electron chi connectivity index (χ2n) is 10.3. The Labute approximate surface area is 237 Å². The fourth-order valence-corrected chi connectivity index (χ4v) is 9.00. The molecule has 8 nitrogen and oxygen atoms in total. The van der Waals surface area contributed by atoms with E-state index in [1.807, 2.05) is 0 Å². The van der Waals surface area contributed by atoms with Gasteiger partial charge in [0.25, 0.3) is 5.91 Å². The lowest BCUT2D eigenvalue weighted by Gasteiger charge is -2.30. The molecule has 13 heteroatoms. The normalized spacial score (nSPS) is 23.6. The lowest BCUT2D eigenvalue weighted by Crippen LogP contribution is -2.37. The van der Waals surface area contributed by atoms with Crippen LogP contribution < -0.4 is 5.32 Å². The van der Waals surface area contributed by atoms with Crippen LogP contribution in [0.5, 0.6) is 0 Å². The third-order valence-electron chi connectivity index (χ3n) is 7.91. The largest absolute Gasteiger partial charge is 0.382 e. The summed E-state index contributed by atoms with van der Waals surface area (Å²) < 4.78 is 68.5. The molecule has 2 aliphatic rings. The van der Waals surface area contributed by atoms with Crippen LogP contribution in [-0.2, 0) is 15.4 Å². The van der Waals surface area contributed by atoms with Crippen LogP contribution in [0.1, 0.15) is 35.4 Å². The van der Waals surface area contributed by atoms with Gasteiger partial charge in [-0.05, 0) is 55.5 Å². The van der Waals surface area contributed by atoms with Crippen LogP contribution in [0.2, 0.25) is 5.02 Å². The number of imidazole rings is 1. The quantitative estimate of drug-likeness (QED) is 0.259. The number of pyridine rings is 1. The van der Waals surface area contributed by atoms with Gasteiger partial charge in [0.15, 0.2) is 27.3 Å². The maximum atomic E-state index is 14.0. The first kappa shape index (κ1) is 27.4. The Morgan fingerprint density at radius 1 is 1.07 bits per heavy atom. The van der Waals surface area contributed by atoms with Crippen molar-refractivity contribution in [1.82, 2.24) is 15.0 Å². The summed E-state index contributed by atoms with van der Waals surface area (Å²) in [5.74, 6) is -6.39. The Balaban J connectivity index is 1.29. The Bertz CT molecular complexity index is 1760. The van der Waals surface area contributed by atoms with E-state index < -0.39 is 55.9 Å². The first-order valence-corrected chi connectivity index (χ1v) is 14.6. The van der Waals surface area contributed by atoms with Gasteiger partial charge in [0.05, 0.1) is 20.9 Å². The molecule has 0 radical (unpaired) electrons. The number of carbonyl (C=O) groups excluding carboxylic acids is 1. The van der Waals surface area contributed by atoms with Crippen LogP contribution >= 0.6 is 11.6 Å². The van der Waals surface area contributed by atoms with E-state index in [2.05, 4.69) is 20.3 Å². The van der Waals surface area contributed by atoms with Crippen LogP contribution in [0.4, 0.5) is 18.9 Å². The molecule has 1 amide bonds. The number of carbonyl (C=O) groups is 1. The average molecular weight is 603 g/mol. The summed E-state index contributed by atoms with van der Waals surface area (Å²) >= 11 is 6.32. The maximum Gasteiger partial charge on any atom is 0.255 e. The number of rotatable bonds is 6. The summed E-state index contributed by atoms with van der Waals surface area (Å²) in [6.45, 7) is 0. The van der Waals surface area contributed by atoms with Gasteiger partial charge < -0.3 is 15.4 Å². The molecule has 4 atom stereocenters. The first-order valence-electron chi connectivity index (χ1n) is 12.7. The Hall–Kier alpha value is -3.74. The number of aliphatic hydroxyl groups is 1. The minimum atomic E-state index is -4.17. The molecule has 0 spiro atoms. The number of amides is 1. The predicted molar refractivity (Wildman–Crippen MR) is 143 cm³/mol. The van der Waals surface area contributed by atoms with Crippen molar-refractivity contribution >= 4 is 33.0 Å². The molecule has 41 heavy (non-hydrogen) atoms. The maximum absolute atomic E-state index is 14.0. The molecule has 2 fully saturated rings. The monoisotopic (exact) mass is 602 g/mol. The number of aromatic amines is 1. The Morgan fingerprint density at radius 2 is 1.83 bits per heavy atom. The summed E-state index contributed by atoms with van der Waals surface area (Å²) in [6, 6.07) is 10.1. The van der Waals surface area contributed by atoms with Gasteiger partial charge in [0.2, 0.25) is 0 Å². The van der Waals surface area contributed by atoms with Gasteiger partial charge in [0.1, 0.15) is 17.1 Å². The van der Waals surface area contributed by atoms with Gasteiger partial charge in [-0.25, -0.2) is 26.6 Å². The zero-order valence-electron chi connectivity index (χ0n) is 21.1. The number of nitrogens with one attached hydrogen (secondary N) is 2. The third-order valence-corrected chi connectivity index (χ3v) is 10.7. The third kappa shape index (κ3) is 4.59. The van der Waals surface area contributed by atoms with E-state index in [1.165, 1.54) is 12.1 Å². The molecular formula is C28H22ClF3N4O4S. The van der Waals surface area contributed by atoms with E-state index in [0.29, 0.717) is 36.4 Å². The van der Waals surface area contributed by atoms with Crippen LogP contribution in [0.15, 0.2) is 65.8 Å². The Morgan fingerprint density at radius 3 is 2.54 bits per heavy atom. The number of nitrogens with zero attached hydrogens (tertiary/aromatic N) is 2. The van der Waals surface area contributed by atoms with Crippen molar-refractivity contribution in [2.24, 2.45) is 11.8 Å². The van der Waals surface area contributed by atoms with Gasteiger partial charge in [-0.2, -0.15) is 0 Å². The van der Waals surface area contributed by atoms with Crippen LogP contribution in [-0.4, -0.2) is 39.6 Å². The fraction of sp³-hybridized carbons (Fsp3) is 0.250. The summed E-state index contributed by atoms with van der Waals surface area (Å²) in [7, 11) is -4.17. The second kappa shape index (κ2) is 9.97. The standard InChI is InChI=1S/C28H22ClF3N4O4S/c29-18-7-5-14(26(37)35-16-10-19(30)24(32)20(31)11-16)9-23(18)41(39,40)25-15-4-6-17(25)28(38,12-15)27-34-13-22(36-27)21-3-1-2-8-33-21/h1-3,5,7-11,13,15,17,25,38H,4,6,12H2,(H,34,36)(H,35,37)/t15?,17?,25?,28-/m1/s1. The number of fused-ring (bicyclic) bond motifs is 2. The van der Waals surface area contributed by atoms with E-state index in [4.69, 9.17) is 11.6 Å². The van der Waals surface area contributed by atoms with Gasteiger partial charge >= 0.3 is 0 Å². The molecule has 3 N–H and O–H groups in total. The van der Waals surface area contributed by atoms with Crippen molar-refractivity contribution in [2.45, 2.75) is 35.0 Å². The molecule has 4 aromatic rings. The number of aromatic nitrogens is 3. The first-order chi connectivity index (χ1) is 19.5. The molecule has 2 aliphatic carbocycles. The lowest BCUT2D eigenvalue weighted by atomic mass is 9.83. The van der Waals surface area contributed by atoms with Crippen molar-refractivity contribution in [2.75, 3.05) is 5.32 Å². The highest BCUT2D eigenvalue weighted by Crippen LogP contribution is 2.58.